The lowest BCUT2D eigenvalue weighted by atomic mass is 10.2. The van der Waals surface area contributed by atoms with Gasteiger partial charge in [-0.05, 0) is 51.8 Å². The minimum absolute atomic E-state index is 0.0110. The number of hydrogen-bond donors (Lipinski definition) is 2. The van der Waals surface area contributed by atoms with Crippen molar-refractivity contribution in [2.75, 3.05) is 5.32 Å². The van der Waals surface area contributed by atoms with E-state index in [-0.39, 0.29) is 11.3 Å². The van der Waals surface area contributed by atoms with Gasteiger partial charge in [-0.3, -0.25) is 0 Å². The van der Waals surface area contributed by atoms with Crippen molar-refractivity contribution in [2.24, 2.45) is 0 Å². The Balaban J connectivity index is 2.10. The third kappa shape index (κ3) is 3.24. The zero-order valence-corrected chi connectivity index (χ0v) is 11.4. The second-order valence-corrected chi connectivity index (χ2v) is 4.80. The first kappa shape index (κ1) is 13.4. The molecule has 5 heteroatoms. The quantitative estimate of drug-likeness (QED) is 0.904. The Morgan fingerprint density at radius 1 is 1.26 bits per heavy atom. The fourth-order valence-corrected chi connectivity index (χ4v) is 2.01. The van der Waals surface area contributed by atoms with E-state index in [0.717, 1.165) is 5.56 Å². The molecular weight excluding hydrogens is 311 g/mol. The molecule has 0 saturated carbocycles. The number of benzene rings is 2. The summed E-state index contributed by atoms with van der Waals surface area (Å²) in [6, 6.07) is 11.2. The Morgan fingerprint density at radius 2 is 2.05 bits per heavy atom. The van der Waals surface area contributed by atoms with Gasteiger partial charge >= 0.3 is 0 Å². The van der Waals surface area contributed by atoms with E-state index in [1.165, 1.54) is 12.1 Å². The number of nitrogens with one attached hydrogen (secondary N) is 1. The molecule has 0 saturated heterocycles. The van der Waals surface area contributed by atoms with Crippen molar-refractivity contribution in [3.8, 4) is 11.8 Å². The van der Waals surface area contributed by atoms with E-state index in [9.17, 15) is 9.50 Å². The molecule has 2 N–H and O–H groups in total. The van der Waals surface area contributed by atoms with Gasteiger partial charge in [-0.2, -0.15) is 5.26 Å². The number of nitrogens with zero attached hydrogens (tertiary/aromatic N) is 1. The van der Waals surface area contributed by atoms with E-state index in [1.54, 1.807) is 30.3 Å². The molecule has 0 amide bonds. The number of phenols is 1. The summed E-state index contributed by atoms with van der Waals surface area (Å²) < 4.78 is 13.8. The summed E-state index contributed by atoms with van der Waals surface area (Å²) in [6.45, 7) is 0.509. The molecule has 2 aromatic rings. The molecule has 0 aliphatic heterocycles. The second-order valence-electron chi connectivity index (χ2n) is 3.95. The molecule has 96 valence electrons. The Morgan fingerprint density at radius 3 is 2.74 bits per heavy atom. The molecule has 0 fully saturated rings. The van der Waals surface area contributed by atoms with Crippen LogP contribution in [0, 0.1) is 17.1 Å². The Bertz CT molecular complexity index is 652. The molecule has 0 bridgehead atoms. The van der Waals surface area contributed by atoms with E-state index in [0.29, 0.717) is 16.7 Å². The van der Waals surface area contributed by atoms with E-state index in [4.69, 9.17) is 5.26 Å². The smallest absolute Gasteiger partial charge is 0.141 e. The molecule has 0 aromatic heterocycles. The third-order valence-corrected chi connectivity index (χ3v) is 3.23. The van der Waals surface area contributed by atoms with Crippen LogP contribution in [0.5, 0.6) is 5.75 Å². The van der Waals surface area contributed by atoms with Crippen LogP contribution in [0.2, 0.25) is 0 Å². The van der Waals surface area contributed by atoms with Gasteiger partial charge in [0, 0.05) is 12.2 Å². The van der Waals surface area contributed by atoms with Gasteiger partial charge in [-0.25, -0.2) is 4.39 Å². The first-order chi connectivity index (χ1) is 9.10. The maximum atomic E-state index is 13.1. The summed E-state index contributed by atoms with van der Waals surface area (Å²) >= 11 is 3.23. The normalized spacial score (nSPS) is 9.95. The molecule has 0 unspecified atom stereocenters. The minimum atomic E-state index is -0.527. The first-order valence-corrected chi connectivity index (χ1v) is 6.30. The Hall–Kier alpha value is -2.06. The van der Waals surface area contributed by atoms with Crippen LogP contribution in [0.3, 0.4) is 0 Å². The van der Waals surface area contributed by atoms with Gasteiger partial charge in [0.05, 0.1) is 10.0 Å². The molecule has 2 rings (SSSR count). The van der Waals surface area contributed by atoms with Gasteiger partial charge in [0.2, 0.25) is 0 Å². The van der Waals surface area contributed by atoms with Crippen molar-refractivity contribution in [1.29, 1.82) is 5.26 Å². The van der Waals surface area contributed by atoms with Crippen LogP contribution in [-0.2, 0) is 6.54 Å². The highest BCUT2D eigenvalue weighted by molar-refractivity contribution is 9.10. The number of halogens is 2. The van der Waals surface area contributed by atoms with Gasteiger partial charge in [0.15, 0.2) is 0 Å². The van der Waals surface area contributed by atoms with Gasteiger partial charge in [0.1, 0.15) is 17.6 Å². The van der Waals surface area contributed by atoms with Crippen molar-refractivity contribution in [3.05, 3.63) is 57.8 Å². The summed E-state index contributed by atoms with van der Waals surface area (Å²) in [6.07, 6.45) is 0. The number of hydrogen-bond acceptors (Lipinski definition) is 3. The van der Waals surface area contributed by atoms with Crippen LogP contribution in [0.4, 0.5) is 10.1 Å². The number of anilines is 1. The Labute approximate surface area is 118 Å². The largest absolute Gasteiger partial charge is 0.507 e. The van der Waals surface area contributed by atoms with Crippen molar-refractivity contribution >= 4 is 21.6 Å². The van der Waals surface area contributed by atoms with Crippen LogP contribution in [0.15, 0.2) is 40.9 Å². The second kappa shape index (κ2) is 5.72. The predicted molar refractivity (Wildman–Crippen MR) is 74.2 cm³/mol. The lowest BCUT2D eigenvalue weighted by molar-refractivity contribution is 0.471. The zero-order chi connectivity index (χ0) is 13.8. The molecule has 3 nitrogen and oxygen atoms in total. The molecule has 19 heavy (non-hydrogen) atoms. The van der Waals surface area contributed by atoms with Crippen molar-refractivity contribution in [3.63, 3.8) is 0 Å². The zero-order valence-electron chi connectivity index (χ0n) is 9.82. The maximum absolute atomic E-state index is 13.1. The van der Waals surface area contributed by atoms with Crippen LogP contribution >= 0.6 is 15.9 Å². The first-order valence-electron chi connectivity index (χ1n) is 5.51. The summed E-state index contributed by atoms with van der Waals surface area (Å²) in [5.41, 5.74) is 1.63. The lowest BCUT2D eigenvalue weighted by Crippen LogP contribution is -2.00. The predicted octanol–water partition coefficient (Wildman–Crippen LogP) is 3.78. The summed E-state index contributed by atoms with van der Waals surface area (Å²) in [7, 11) is 0. The van der Waals surface area contributed by atoms with Crippen molar-refractivity contribution in [2.45, 2.75) is 6.54 Å². The number of aromatic hydroxyl groups is 1. The van der Waals surface area contributed by atoms with Crippen LogP contribution in [-0.4, -0.2) is 5.11 Å². The molecule has 0 spiro atoms. The van der Waals surface area contributed by atoms with Gasteiger partial charge in [-0.15, -0.1) is 0 Å². The monoisotopic (exact) mass is 320 g/mol. The molecule has 0 aliphatic carbocycles. The topological polar surface area (TPSA) is 56.0 Å². The average Bonchev–Trinajstić information content (AvgIpc) is 2.41. The molecule has 0 aliphatic rings. The summed E-state index contributed by atoms with van der Waals surface area (Å²) in [5.74, 6) is -0.349. The highest BCUT2D eigenvalue weighted by atomic mass is 79.9. The van der Waals surface area contributed by atoms with Crippen molar-refractivity contribution in [1.82, 2.24) is 0 Å². The summed E-state index contributed by atoms with van der Waals surface area (Å²) in [5, 5.41) is 21.2. The number of rotatable bonds is 3. The fourth-order valence-electron chi connectivity index (χ4n) is 1.59. The standard InChI is InChI=1S/C14H10BrFN2O/c15-12-5-9(1-4-14(12)19)8-18-11-2-3-13(16)10(6-11)7-17/h1-6,18-19H,8H2. The maximum Gasteiger partial charge on any atom is 0.141 e. The number of nitriles is 1. The van der Waals surface area contributed by atoms with Gasteiger partial charge in [0.25, 0.3) is 0 Å². The van der Waals surface area contributed by atoms with Gasteiger partial charge in [-0.1, -0.05) is 6.07 Å². The van der Waals surface area contributed by atoms with E-state index >= 15 is 0 Å². The minimum Gasteiger partial charge on any atom is -0.507 e. The molecule has 2 aromatic carbocycles. The van der Waals surface area contributed by atoms with Crippen LogP contribution < -0.4 is 5.32 Å². The molecule has 0 atom stereocenters. The van der Waals surface area contributed by atoms with E-state index in [1.807, 2.05) is 0 Å². The van der Waals surface area contributed by atoms with Crippen LogP contribution in [0.1, 0.15) is 11.1 Å². The Kier molecular flexibility index (Phi) is 4.03. The average molecular weight is 321 g/mol. The molecular formula is C14H10BrFN2O. The molecule has 0 radical (unpaired) electrons. The molecule has 0 heterocycles. The third-order valence-electron chi connectivity index (χ3n) is 2.60. The van der Waals surface area contributed by atoms with E-state index < -0.39 is 5.82 Å². The fraction of sp³-hybridized carbons (Fsp3) is 0.0714. The SMILES string of the molecule is N#Cc1cc(NCc2ccc(O)c(Br)c2)ccc1F. The number of phenolic OH excluding ortho intramolecular Hbond substituents is 1. The van der Waals surface area contributed by atoms with E-state index in [2.05, 4.69) is 21.2 Å². The van der Waals surface area contributed by atoms with Crippen molar-refractivity contribution < 1.29 is 9.50 Å². The van der Waals surface area contributed by atoms with Crippen LogP contribution in [0.25, 0.3) is 0 Å². The van der Waals surface area contributed by atoms with Gasteiger partial charge < -0.3 is 10.4 Å². The highest BCUT2D eigenvalue weighted by Gasteiger charge is 2.03. The summed E-state index contributed by atoms with van der Waals surface area (Å²) in [4.78, 5) is 0. The highest BCUT2D eigenvalue weighted by Crippen LogP contribution is 2.24. The lowest BCUT2D eigenvalue weighted by Gasteiger charge is -2.08.